The standard InChI is InChI=1S/C15H20N2O4S/c18-14-7-6-12(22(20,21)17-8-1-2-9-17)10-13(14)16-15(19)11-4-3-5-11/h6-7,10-11,18H,1-5,8-9H2,(H,16,19). The molecule has 0 unspecified atom stereocenters. The van der Waals surface area contributed by atoms with Gasteiger partial charge in [-0.25, -0.2) is 8.42 Å². The molecule has 0 atom stereocenters. The van der Waals surface area contributed by atoms with Gasteiger partial charge in [-0.15, -0.1) is 0 Å². The zero-order valence-corrected chi connectivity index (χ0v) is 13.1. The maximum Gasteiger partial charge on any atom is 0.243 e. The molecule has 22 heavy (non-hydrogen) atoms. The Hall–Kier alpha value is -1.60. The maximum absolute atomic E-state index is 12.5. The van der Waals surface area contributed by atoms with Gasteiger partial charge in [-0.3, -0.25) is 4.79 Å². The average molecular weight is 324 g/mol. The summed E-state index contributed by atoms with van der Waals surface area (Å²) >= 11 is 0. The van der Waals surface area contributed by atoms with Crippen molar-refractivity contribution in [3.8, 4) is 5.75 Å². The number of nitrogens with zero attached hydrogens (tertiary/aromatic N) is 1. The van der Waals surface area contributed by atoms with E-state index in [0.717, 1.165) is 32.1 Å². The van der Waals surface area contributed by atoms with Crippen LogP contribution in [-0.4, -0.2) is 36.8 Å². The number of amides is 1. The SMILES string of the molecule is O=C(Nc1cc(S(=O)(=O)N2CCCC2)ccc1O)C1CCC1. The molecule has 2 aliphatic rings. The third-order valence-corrected chi connectivity index (χ3v) is 6.30. The summed E-state index contributed by atoms with van der Waals surface area (Å²) in [5.41, 5.74) is 0.164. The first kappa shape index (κ1) is 15.3. The van der Waals surface area contributed by atoms with Gasteiger partial charge < -0.3 is 10.4 Å². The van der Waals surface area contributed by atoms with Crippen LogP contribution < -0.4 is 5.32 Å². The van der Waals surface area contributed by atoms with Crippen molar-refractivity contribution in [3.05, 3.63) is 18.2 Å². The molecular formula is C15H20N2O4S. The minimum atomic E-state index is -3.55. The molecule has 0 spiro atoms. The zero-order valence-electron chi connectivity index (χ0n) is 12.3. The largest absolute Gasteiger partial charge is 0.506 e. The Labute approximate surface area is 130 Å². The summed E-state index contributed by atoms with van der Waals surface area (Å²) in [5.74, 6) is -0.302. The number of anilines is 1. The van der Waals surface area contributed by atoms with E-state index < -0.39 is 10.0 Å². The number of hydrogen-bond donors (Lipinski definition) is 2. The molecule has 3 rings (SSSR count). The Morgan fingerprint density at radius 3 is 2.45 bits per heavy atom. The lowest BCUT2D eigenvalue weighted by atomic mass is 9.85. The van der Waals surface area contributed by atoms with Crippen LogP contribution in [0.1, 0.15) is 32.1 Å². The van der Waals surface area contributed by atoms with E-state index in [-0.39, 0.29) is 28.2 Å². The van der Waals surface area contributed by atoms with Crippen LogP contribution in [0.3, 0.4) is 0 Å². The number of carbonyl (C=O) groups excluding carboxylic acids is 1. The van der Waals surface area contributed by atoms with Crippen molar-refractivity contribution >= 4 is 21.6 Å². The monoisotopic (exact) mass is 324 g/mol. The molecule has 0 aromatic heterocycles. The highest BCUT2D eigenvalue weighted by molar-refractivity contribution is 7.89. The molecule has 1 amide bonds. The minimum Gasteiger partial charge on any atom is -0.506 e. The van der Waals surface area contributed by atoms with Crippen molar-refractivity contribution in [2.75, 3.05) is 18.4 Å². The van der Waals surface area contributed by atoms with Gasteiger partial charge in [-0.2, -0.15) is 4.31 Å². The summed E-state index contributed by atoms with van der Waals surface area (Å²) in [5, 5.41) is 12.5. The topological polar surface area (TPSA) is 86.7 Å². The summed E-state index contributed by atoms with van der Waals surface area (Å²) in [6.45, 7) is 1.04. The van der Waals surface area contributed by atoms with Gasteiger partial charge in [0.2, 0.25) is 15.9 Å². The second-order valence-electron chi connectivity index (χ2n) is 5.91. The molecule has 7 heteroatoms. The number of hydrogen-bond acceptors (Lipinski definition) is 4. The summed E-state index contributed by atoms with van der Waals surface area (Å²) in [6, 6.07) is 4.04. The quantitative estimate of drug-likeness (QED) is 0.828. The van der Waals surface area contributed by atoms with Gasteiger partial charge in [0.1, 0.15) is 5.75 Å². The molecule has 0 radical (unpaired) electrons. The van der Waals surface area contributed by atoms with E-state index in [2.05, 4.69) is 5.32 Å². The number of nitrogens with one attached hydrogen (secondary N) is 1. The van der Waals surface area contributed by atoms with E-state index in [9.17, 15) is 18.3 Å². The van der Waals surface area contributed by atoms with Gasteiger partial charge in [-0.1, -0.05) is 6.42 Å². The van der Waals surface area contributed by atoms with Crippen LogP contribution in [0.15, 0.2) is 23.1 Å². The summed E-state index contributed by atoms with van der Waals surface area (Å²) in [4.78, 5) is 12.1. The van der Waals surface area contributed by atoms with Crippen LogP contribution in [0.2, 0.25) is 0 Å². The molecule has 1 saturated carbocycles. The molecule has 1 aliphatic carbocycles. The molecule has 120 valence electrons. The van der Waals surface area contributed by atoms with Gasteiger partial charge in [0.05, 0.1) is 10.6 Å². The van der Waals surface area contributed by atoms with E-state index in [1.165, 1.54) is 22.5 Å². The number of rotatable bonds is 4. The Bertz CT molecular complexity index is 677. The van der Waals surface area contributed by atoms with E-state index in [1.807, 2.05) is 0 Å². The molecule has 1 saturated heterocycles. The van der Waals surface area contributed by atoms with Crippen molar-refractivity contribution in [2.45, 2.75) is 37.0 Å². The lowest BCUT2D eigenvalue weighted by Crippen LogP contribution is -2.29. The number of phenols is 1. The third-order valence-electron chi connectivity index (χ3n) is 4.40. The first-order valence-corrected chi connectivity index (χ1v) is 9.06. The predicted octanol–water partition coefficient (Wildman–Crippen LogP) is 1.92. The first-order valence-electron chi connectivity index (χ1n) is 7.62. The number of benzene rings is 1. The Kier molecular flexibility index (Phi) is 4.10. The fraction of sp³-hybridized carbons (Fsp3) is 0.533. The van der Waals surface area contributed by atoms with Gasteiger partial charge in [0.15, 0.2) is 0 Å². The molecule has 2 fully saturated rings. The lowest BCUT2D eigenvalue weighted by molar-refractivity contribution is -0.122. The number of sulfonamides is 1. The summed E-state index contributed by atoms with van der Waals surface area (Å²) in [7, 11) is -3.55. The highest BCUT2D eigenvalue weighted by Gasteiger charge is 2.29. The van der Waals surface area contributed by atoms with Crippen molar-refractivity contribution < 1.29 is 18.3 Å². The van der Waals surface area contributed by atoms with Crippen molar-refractivity contribution in [3.63, 3.8) is 0 Å². The molecule has 6 nitrogen and oxygen atoms in total. The Morgan fingerprint density at radius 1 is 1.18 bits per heavy atom. The van der Waals surface area contributed by atoms with Crippen LogP contribution in [0.5, 0.6) is 5.75 Å². The van der Waals surface area contributed by atoms with Gasteiger partial charge >= 0.3 is 0 Å². The zero-order chi connectivity index (χ0) is 15.7. The molecule has 1 aromatic rings. The van der Waals surface area contributed by atoms with E-state index >= 15 is 0 Å². The fourth-order valence-electron chi connectivity index (χ4n) is 2.76. The van der Waals surface area contributed by atoms with Crippen molar-refractivity contribution in [1.82, 2.24) is 4.31 Å². The Morgan fingerprint density at radius 2 is 1.86 bits per heavy atom. The minimum absolute atomic E-state index is 0.0294. The van der Waals surface area contributed by atoms with Crippen molar-refractivity contribution in [1.29, 1.82) is 0 Å². The van der Waals surface area contributed by atoms with Crippen molar-refractivity contribution in [2.24, 2.45) is 5.92 Å². The molecule has 1 heterocycles. The van der Waals surface area contributed by atoms with Crippen LogP contribution in [0.4, 0.5) is 5.69 Å². The highest BCUT2D eigenvalue weighted by Crippen LogP contribution is 2.32. The average Bonchev–Trinajstić information content (AvgIpc) is 2.93. The highest BCUT2D eigenvalue weighted by atomic mass is 32.2. The summed E-state index contributed by atoms with van der Waals surface area (Å²) in [6.07, 6.45) is 4.45. The van der Waals surface area contributed by atoms with Gasteiger partial charge in [0, 0.05) is 19.0 Å². The fourth-order valence-corrected chi connectivity index (χ4v) is 4.30. The van der Waals surface area contributed by atoms with E-state index in [4.69, 9.17) is 0 Å². The van der Waals surface area contributed by atoms with Crippen LogP contribution >= 0.6 is 0 Å². The molecule has 1 aromatic carbocycles. The van der Waals surface area contributed by atoms with E-state index in [1.54, 1.807) is 0 Å². The number of carbonyl (C=O) groups is 1. The van der Waals surface area contributed by atoms with Crippen LogP contribution in [-0.2, 0) is 14.8 Å². The number of aromatic hydroxyl groups is 1. The van der Waals surface area contributed by atoms with Crippen LogP contribution in [0, 0.1) is 5.92 Å². The third kappa shape index (κ3) is 2.83. The lowest BCUT2D eigenvalue weighted by Gasteiger charge is -2.24. The first-order chi connectivity index (χ1) is 10.5. The maximum atomic E-state index is 12.5. The second-order valence-corrected chi connectivity index (χ2v) is 7.85. The molecule has 2 N–H and O–H groups in total. The normalized spacial score (nSPS) is 19.8. The van der Waals surface area contributed by atoms with E-state index in [0.29, 0.717) is 13.1 Å². The number of phenolic OH excluding ortho intramolecular Hbond substituents is 1. The van der Waals surface area contributed by atoms with Gasteiger partial charge in [-0.05, 0) is 43.9 Å². The predicted molar refractivity (Wildman–Crippen MR) is 82.1 cm³/mol. The summed E-state index contributed by atoms with van der Waals surface area (Å²) < 4.78 is 26.5. The molecule has 1 aliphatic heterocycles. The van der Waals surface area contributed by atoms with Gasteiger partial charge in [0.25, 0.3) is 0 Å². The van der Waals surface area contributed by atoms with Crippen LogP contribution in [0.25, 0.3) is 0 Å². The molecular weight excluding hydrogens is 304 g/mol. The smallest absolute Gasteiger partial charge is 0.243 e. The molecule has 0 bridgehead atoms. The Balaban J connectivity index is 1.84. The second kappa shape index (κ2) is 5.89.